The number of nitrogens with one attached hydrogen (secondary N) is 2. The van der Waals surface area contributed by atoms with Gasteiger partial charge in [0.05, 0.1) is 28.7 Å². The predicted molar refractivity (Wildman–Crippen MR) is 159 cm³/mol. The SMILES string of the molecule is C[C@H]1CN(c2cc(S(=O)(=O)NC3(C)CC3)cc3c2cnn3[C@@H]2C[C@@H](CF)N(C(=O)OCc3ccccc3)C2)C[C@H](C)N1. The van der Waals surface area contributed by atoms with Crippen molar-refractivity contribution in [2.24, 2.45) is 0 Å². The number of nitrogens with zero attached hydrogens (tertiary/aromatic N) is 4. The number of amides is 1. The Morgan fingerprint density at radius 1 is 1.14 bits per heavy atom. The second-order valence-corrected chi connectivity index (χ2v) is 14.1. The van der Waals surface area contributed by atoms with Crippen LogP contribution in [0.5, 0.6) is 0 Å². The number of hydrogen-bond donors (Lipinski definition) is 2. The van der Waals surface area contributed by atoms with Crippen LogP contribution in [0.15, 0.2) is 53.6 Å². The molecular weight excluding hydrogens is 559 g/mol. The molecule has 1 saturated carbocycles. The first kappa shape index (κ1) is 28.9. The Labute approximate surface area is 246 Å². The standard InChI is InChI=1S/C30H39FN6O4S/c1-20-16-35(17-21(2)33-20)27-12-25(42(39,40)34-30(3)9-10-30)13-28-26(27)15-32-37(28)24-11-23(14-31)36(18-24)29(38)41-19-22-7-5-4-6-8-22/h4-8,12-13,15,20-21,23-24,33-34H,9-11,14,16-19H2,1-3H3/t20-,21-,23-,24+/m0/s1. The predicted octanol–water partition coefficient (Wildman–Crippen LogP) is 3.98. The quantitative estimate of drug-likeness (QED) is 0.404. The summed E-state index contributed by atoms with van der Waals surface area (Å²) in [7, 11) is -3.80. The van der Waals surface area contributed by atoms with Gasteiger partial charge < -0.3 is 19.9 Å². The highest BCUT2D eigenvalue weighted by Crippen LogP contribution is 2.39. The van der Waals surface area contributed by atoms with Crippen molar-refractivity contribution in [1.29, 1.82) is 0 Å². The van der Waals surface area contributed by atoms with E-state index >= 15 is 0 Å². The molecular formula is C30H39FN6O4S. The molecule has 2 saturated heterocycles. The summed E-state index contributed by atoms with van der Waals surface area (Å²) >= 11 is 0. The topological polar surface area (TPSA) is 109 Å². The van der Waals surface area contributed by atoms with E-state index in [9.17, 15) is 17.6 Å². The fraction of sp³-hybridized carbons (Fsp3) is 0.533. The van der Waals surface area contributed by atoms with Crippen molar-refractivity contribution in [1.82, 2.24) is 24.7 Å². The maximum Gasteiger partial charge on any atom is 0.410 e. The molecule has 10 nitrogen and oxygen atoms in total. The number of ether oxygens (including phenoxy) is 1. The minimum atomic E-state index is -3.80. The number of sulfonamides is 1. The molecule has 1 aliphatic carbocycles. The molecule has 2 aliphatic heterocycles. The van der Waals surface area contributed by atoms with Gasteiger partial charge in [-0.15, -0.1) is 0 Å². The van der Waals surface area contributed by atoms with E-state index in [1.165, 1.54) is 4.90 Å². The normalized spacial score (nSPS) is 25.6. The fourth-order valence-electron chi connectivity index (χ4n) is 6.25. The molecule has 6 rings (SSSR count). The lowest BCUT2D eigenvalue weighted by Crippen LogP contribution is -2.54. The van der Waals surface area contributed by atoms with Crippen molar-refractivity contribution >= 4 is 32.7 Å². The van der Waals surface area contributed by atoms with Crippen molar-refractivity contribution in [3.63, 3.8) is 0 Å². The molecule has 226 valence electrons. The van der Waals surface area contributed by atoms with Crippen molar-refractivity contribution in [2.45, 2.75) is 81.2 Å². The van der Waals surface area contributed by atoms with E-state index in [2.05, 4.69) is 28.8 Å². The van der Waals surface area contributed by atoms with Crippen LogP contribution in [-0.2, 0) is 21.4 Å². The van der Waals surface area contributed by atoms with Gasteiger partial charge in [-0.2, -0.15) is 5.10 Å². The third kappa shape index (κ3) is 5.84. The van der Waals surface area contributed by atoms with Crippen molar-refractivity contribution < 1.29 is 22.3 Å². The van der Waals surface area contributed by atoms with Gasteiger partial charge in [-0.25, -0.2) is 22.3 Å². The number of carbonyl (C=O) groups is 1. The van der Waals surface area contributed by atoms with Gasteiger partial charge in [-0.1, -0.05) is 30.3 Å². The molecule has 12 heteroatoms. The molecule has 4 atom stereocenters. The van der Waals surface area contributed by atoms with Gasteiger partial charge in [-0.05, 0) is 57.7 Å². The van der Waals surface area contributed by atoms with Crippen LogP contribution in [0.4, 0.5) is 14.9 Å². The van der Waals surface area contributed by atoms with Gasteiger partial charge in [0.1, 0.15) is 13.3 Å². The second-order valence-electron chi connectivity index (χ2n) is 12.4. The van der Waals surface area contributed by atoms with E-state index in [0.717, 1.165) is 29.5 Å². The minimum absolute atomic E-state index is 0.0998. The van der Waals surface area contributed by atoms with E-state index in [-0.39, 0.29) is 36.2 Å². The summed E-state index contributed by atoms with van der Waals surface area (Å²) in [6.07, 6.45) is 3.13. The molecule has 0 radical (unpaired) electrons. The van der Waals surface area contributed by atoms with Gasteiger partial charge in [0.2, 0.25) is 10.0 Å². The van der Waals surface area contributed by atoms with E-state index in [4.69, 9.17) is 9.84 Å². The highest BCUT2D eigenvalue weighted by Gasteiger charge is 2.42. The Hall–Kier alpha value is -3.22. The van der Waals surface area contributed by atoms with Gasteiger partial charge in [-0.3, -0.25) is 4.68 Å². The molecule has 0 bridgehead atoms. The van der Waals surface area contributed by atoms with Crippen LogP contribution in [0.3, 0.4) is 0 Å². The summed E-state index contributed by atoms with van der Waals surface area (Å²) in [4.78, 5) is 16.8. The Morgan fingerprint density at radius 2 is 1.86 bits per heavy atom. The van der Waals surface area contributed by atoms with Crippen LogP contribution in [0.25, 0.3) is 10.9 Å². The summed E-state index contributed by atoms with van der Waals surface area (Å²) in [6, 6.07) is 12.2. The van der Waals surface area contributed by atoms with Gasteiger partial charge >= 0.3 is 6.09 Å². The van der Waals surface area contributed by atoms with Crippen LogP contribution < -0.4 is 14.9 Å². The van der Waals surface area contributed by atoms with E-state index in [0.29, 0.717) is 25.0 Å². The number of likely N-dealkylation sites (tertiary alicyclic amines) is 1. The smallest absolute Gasteiger partial charge is 0.410 e. The number of piperazine rings is 1. The van der Waals surface area contributed by atoms with Crippen LogP contribution in [-0.4, -0.2) is 79.2 Å². The van der Waals surface area contributed by atoms with Crippen LogP contribution in [0.1, 0.15) is 51.6 Å². The zero-order valence-electron chi connectivity index (χ0n) is 24.3. The summed E-state index contributed by atoms with van der Waals surface area (Å²) in [5, 5.41) is 9.05. The lowest BCUT2D eigenvalue weighted by Gasteiger charge is -2.38. The first-order chi connectivity index (χ1) is 20.0. The number of benzene rings is 2. The summed E-state index contributed by atoms with van der Waals surface area (Å²) in [5.74, 6) is 0. The lowest BCUT2D eigenvalue weighted by atomic mass is 10.1. The van der Waals surface area contributed by atoms with Gasteiger partial charge in [0.25, 0.3) is 0 Å². The van der Waals surface area contributed by atoms with Crippen molar-refractivity contribution in [3.8, 4) is 0 Å². The molecule has 3 heterocycles. The molecule has 2 N–H and O–H groups in total. The van der Waals surface area contributed by atoms with Crippen LogP contribution in [0, 0.1) is 0 Å². The number of hydrogen-bond acceptors (Lipinski definition) is 7. The average Bonchev–Trinajstić information content (AvgIpc) is 3.33. The minimum Gasteiger partial charge on any atom is -0.445 e. The maximum atomic E-state index is 14.2. The molecule has 1 aromatic heterocycles. The number of fused-ring (bicyclic) bond motifs is 1. The first-order valence-corrected chi connectivity index (χ1v) is 16.1. The monoisotopic (exact) mass is 598 g/mol. The number of aromatic nitrogens is 2. The molecule has 3 aromatic rings. The number of alkyl halides is 1. The summed E-state index contributed by atoms with van der Waals surface area (Å²) in [5.41, 5.74) is 1.88. The third-order valence-corrected chi connectivity index (χ3v) is 10.2. The highest BCUT2D eigenvalue weighted by atomic mass is 32.2. The maximum absolute atomic E-state index is 14.2. The number of halogens is 1. The van der Waals surface area contributed by atoms with Crippen LogP contribution >= 0.6 is 0 Å². The van der Waals surface area contributed by atoms with E-state index in [1.807, 2.05) is 37.3 Å². The van der Waals surface area contributed by atoms with Gasteiger partial charge in [0, 0.05) is 48.3 Å². The molecule has 2 aromatic carbocycles. The van der Waals surface area contributed by atoms with Crippen LogP contribution in [0.2, 0.25) is 0 Å². The van der Waals surface area contributed by atoms with Crippen molar-refractivity contribution in [3.05, 3.63) is 54.2 Å². The summed E-state index contributed by atoms with van der Waals surface area (Å²) < 4.78 is 51.5. The third-order valence-electron chi connectivity index (χ3n) is 8.61. The average molecular weight is 599 g/mol. The summed E-state index contributed by atoms with van der Waals surface area (Å²) in [6.45, 7) is 7.17. The second kappa shape index (κ2) is 11.1. The molecule has 42 heavy (non-hydrogen) atoms. The number of carbonyl (C=O) groups excluding carboxylic acids is 1. The van der Waals surface area contributed by atoms with Crippen molar-refractivity contribution in [2.75, 3.05) is 31.2 Å². The highest BCUT2D eigenvalue weighted by molar-refractivity contribution is 7.89. The Bertz CT molecular complexity index is 1550. The lowest BCUT2D eigenvalue weighted by molar-refractivity contribution is 0.0871. The Balaban J connectivity index is 1.33. The van der Waals surface area contributed by atoms with Gasteiger partial charge in [0.15, 0.2) is 0 Å². The number of anilines is 1. The first-order valence-electron chi connectivity index (χ1n) is 14.6. The van der Waals surface area contributed by atoms with E-state index < -0.39 is 34.4 Å². The zero-order valence-corrected chi connectivity index (χ0v) is 25.1. The molecule has 3 fully saturated rings. The Morgan fingerprint density at radius 3 is 2.52 bits per heavy atom. The Kier molecular flexibility index (Phi) is 7.65. The number of rotatable bonds is 8. The molecule has 0 unspecified atom stereocenters. The molecule has 3 aliphatic rings. The fourth-order valence-corrected chi connectivity index (χ4v) is 7.75. The zero-order chi connectivity index (χ0) is 29.6. The largest absolute Gasteiger partial charge is 0.445 e. The molecule has 1 amide bonds. The molecule has 0 spiro atoms. The van der Waals surface area contributed by atoms with E-state index in [1.54, 1.807) is 23.0 Å².